The van der Waals surface area contributed by atoms with Gasteiger partial charge in [-0.3, -0.25) is 9.59 Å². The van der Waals surface area contributed by atoms with Gasteiger partial charge in [0.1, 0.15) is 89.9 Å². The van der Waals surface area contributed by atoms with E-state index in [9.17, 15) is 45.0 Å². The molecular weight excluding hydrogens is 1640 g/mol. The van der Waals surface area contributed by atoms with E-state index in [0.29, 0.717) is 86.5 Å². The minimum absolute atomic E-state index is 0.0313. The third-order valence-corrected chi connectivity index (χ3v) is 28.5. The fraction of sp³-hybridized carbons (Fsp3) is 0.765. The van der Waals surface area contributed by atoms with Crippen LogP contribution in [0.5, 0.6) is 0 Å². The number of esters is 2. The van der Waals surface area contributed by atoms with Crippen molar-refractivity contribution in [2.75, 3.05) is 41.7 Å². The molecule has 714 valence electrons. The number of aliphatic hydroxyl groups is 6. The van der Waals surface area contributed by atoms with Crippen LogP contribution in [0.2, 0.25) is 0 Å². The number of Topliss-reactive ketones (excluding diaryl/α,β-unsaturated/α-hetero) is 1. The van der Waals surface area contributed by atoms with Gasteiger partial charge in [-0.05, 0) is 140 Å². The molecule has 8 fully saturated rings. The van der Waals surface area contributed by atoms with Crippen molar-refractivity contribution in [3.63, 3.8) is 0 Å². The van der Waals surface area contributed by atoms with Gasteiger partial charge in [-0.15, -0.1) is 0 Å². The quantitative estimate of drug-likeness (QED) is 0.0655. The van der Waals surface area contributed by atoms with Crippen LogP contribution < -0.4 is 0 Å². The third-order valence-electron chi connectivity index (χ3n) is 28.5. The highest BCUT2D eigenvalue weighted by Gasteiger charge is 2.63. The van der Waals surface area contributed by atoms with Crippen molar-refractivity contribution < 1.29 is 140 Å². The lowest BCUT2D eigenvalue weighted by molar-refractivity contribution is -0.318. The molecule has 2 aliphatic carbocycles. The molecule has 39 atom stereocenters. The molecule has 29 nitrogen and oxygen atoms in total. The molecule has 2 spiro atoms. The second kappa shape index (κ2) is 43.2. The smallest absolute Gasteiger partial charge is 0.316 e. The van der Waals surface area contributed by atoms with Gasteiger partial charge < -0.3 is 130 Å². The first-order chi connectivity index (χ1) is 60.2. The Balaban J connectivity index is 0.000000221. The first-order valence-corrected chi connectivity index (χ1v) is 46.4. The monoisotopic (exact) mass is 1790 g/mol. The zero-order chi connectivity index (χ0) is 92.2. The predicted molar refractivity (Wildman–Crippen MR) is 466 cm³/mol. The fourth-order valence-corrected chi connectivity index (χ4v) is 21.0. The van der Waals surface area contributed by atoms with Crippen molar-refractivity contribution >= 4 is 17.7 Å². The summed E-state index contributed by atoms with van der Waals surface area (Å²) in [6, 6.07) is 0. The van der Waals surface area contributed by atoms with Crippen LogP contribution in [0.3, 0.4) is 0 Å². The molecule has 6 N–H and O–H groups in total. The number of hydrogen-bond acceptors (Lipinski definition) is 29. The number of hydrogen-bond donors (Lipinski definition) is 6. The van der Waals surface area contributed by atoms with Crippen LogP contribution in [-0.4, -0.2) is 284 Å². The summed E-state index contributed by atoms with van der Waals surface area (Å²) in [7, 11) is 6.44. The highest BCUT2D eigenvalue weighted by molar-refractivity contribution is 5.79. The Bertz CT molecular complexity index is 4030. The number of ether oxygens (including phenoxy) is 20. The van der Waals surface area contributed by atoms with E-state index < -0.39 is 182 Å². The molecule has 0 amide bonds. The molecule has 0 aromatic heterocycles. The maximum Gasteiger partial charge on any atom is 0.316 e. The van der Waals surface area contributed by atoms with Gasteiger partial charge in [-0.2, -0.15) is 0 Å². The van der Waals surface area contributed by atoms with E-state index in [1.54, 1.807) is 80.4 Å². The highest BCUT2D eigenvalue weighted by Crippen LogP contribution is 2.51. The van der Waals surface area contributed by atoms with E-state index in [4.69, 9.17) is 94.7 Å². The third kappa shape index (κ3) is 22.7. The summed E-state index contributed by atoms with van der Waals surface area (Å²) in [6.07, 6.45) is 16.1. The molecule has 8 saturated heterocycles. The van der Waals surface area contributed by atoms with Crippen molar-refractivity contribution in [1.29, 1.82) is 0 Å². The summed E-state index contributed by atoms with van der Waals surface area (Å²) in [5, 5.41) is 68.4. The predicted octanol–water partition coefficient (Wildman–Crippen LogP) is 11.0. The number of allylic oxidation sites excluding steroid dienone is 4. The van der Waals surface area contributed by atoms with Crippen molar-refractivity contribution in [2.45, 2.75) is 390 Å². The van der Waals surface area contributed by atoms with Crippen LogP contribution in [0.4, 0.5) is 0 Å². The number of fused-ring (bicyclic) bond motifs is 4. The molecular formula is C98H148O29. The van der Waals surface area contributed by atoms with Crippen LogP contribution in [0.15, 0.2) is 119 Å². The molecule has 0 aromatic carbocycles. The summed E-state index contributed by atoms with van der Waals surface area (Å²) >= 11 is 0. The molecule has 0 aromatic rings. The Labute approximate surface area is 751 Å². The summed E-state index contributed by atoms with van der Waals surface area (Å²) < 4.78 is 127. The number of rotatable bonds is 15. The van der Waals surface area contributed by atoms with E-state index in [1.165, 1.54) is 13.8 Å². The second-order valence-corrected chi connectivity index (χ2v) is 38.7. The van der Waals surface area contributed by atoms with Gasteiger partial charge in [0.2, 0.25) is 0 Å². The van der Waals surface area contributed by atoms with Gasteiger partial charge in [0, 0.05) is 103 Å². The van der Waals surface area contributed by atoms with Gasteiger partial charge in [0.25, 0.3) is 0 Å². The molecule has 0 unspecified atom stereocenters. The minimum atomic E-state index is -1.84. The van der Waals surface area contributed by atoms with Gasteiger partial charge >= 0.3 is 11.9 Å². The van der Waals surface area contributed by atoms with Crippen molar-refractivity contribution in [1.82, 2.24) is 0 Å². The van der Waals surface area contributed by atoms with Gasteiger partial charge in [0.15, 0.2) is 36.7 Å². The van der Waals surface area contributed by atoms with Gasteiger partial charge in [0.05, 0.1) is 98.7 Å². The molecule has 127 heavy (non-hydrogen) atoms. The summed E-state index contributed by atoms with van der Waals surface area (Å²) in [5.74, 6) is -5.02. The van der Waals surface area contributed by atoms with E-state index >= 15 is 0 Å². The molecule has 0 radical (unpaired) electrons. The molecule has 14 rings (SSSR count). The normalized spacial score (nSPS) is 47.9. The number of methoxy groups -OCH3 is 4. The van der Waals surface area contributed by atoms with Crippen molar-refractivity contribution in [2.24, 2.45) is 47.3 Å². The van der Waals surface area contributed by atoms with Crippen LogP contribution in [0, 0.1) is 47.3 Å². The van der Waals surface area contributed by atoms with Gasteiger partial charge in [-0.1, -0.05) is 135 Å². The van der Waals surface area contributed by atoms with Gasteiger partial charge in [-0.25, -0.2) is 0 Å². The zero-order valence-corrected chi connectivity index (χ0v) is 78.6. The van der Waals surface area contributed by atoms with E-state index in [2.05, 4.69) is 79.7 Å². The van der Waals surface area contributed by atoms with Crippen LogP contribution in [-0.2, 0) is 109 Å². The largest absolute Gasteiger partial charge is 0.462 e. The lowest BCUT2D eigenvalue weighted by Crippen LogP contribution is -2.58. The maximum absolute atomic E-state index is 14.3. The Morgan fingerprint density at radius 3 is 1.21 bits per heavy atom. The standard InChI is InChI=1S/C48H72O14.C47H70O14.C3H6O/c1-11-25(2)43-28(5)17-18-47(62-43)23-34-20-33(61-47)16-15-27(4)42(26(3)13-12-14-32-24-55-45-40(49)29(6)19-35(46(51)58-34)48(32,45)52)59-39-22-37(54-10)44(31(8)57-39)60-38-21-36(53-9)41(50)30(7)56-38;1-24(2)41-27(5)16-17-46(61-41)22-33-19-32(60-46)15-14-26(4)42(25(3)12-11-13-31-23-54-44-39(48)28(6)18-34(45(50)57-33)47(31,44)51)58-38-21-36(53-10)43(30(8)56-38)59-37-20-35(52-9)40(49)29(7)55-37;1-3(2)4/h12-15,17-19,25-26,28,30-31,33-45,49-50,52H,11,16,20-24H2,1-10H3;11-14,16-18,24-25,27,29-30,32-44,48-49,51H,15,19-23H2,1-10H3;1-2H3/b13-12+,27-15+,32-14+;12-11+,26-14+,31-13+;/t25-,26-,28-,30-,31-,33+,34-,35-,36-,37-,38-,39-,40+,41-,42-,43+,44-,45+,47+,48+;25-,27-,29-,30-,32+,33-,34-,35-,36-,37-,38-,39+,40-,41+,42-,43-,44+,46+,47+;/m00./s1. The molecule has 4 bridgehead atoms. The first kappa shape index (κ1) is 101. The van der Waals surface area contributed by atoms with Crippen LogP contribution in [0.25, 0.3) is 0 Å². The SMILES string of the molecule is CC(C)=O.CC[C@H](C)[C@H]1O[C@]2(C=C[C@@H]1C)C[C@@H]1C[C@@H](C/C=C(\C)[C@@H](O[C@H]3C[C@H](OC)[C@@H](O[C@H]4C[C@H](OC)[C@@H](O)[C@H](C)O4)[C@H](C)O3)[C@@H](C)/C=C/C=C3\CO[C@@H]4[C@H](O)C(C)=C[C@@H](C(=O)O1)[C@]34O)O2.CO[C@H]1C[C@H](O[C@H]2[C@H](C)O[C@@H](O[C@@H]3/C(C)=C/C[C@@H]4C[C@@H](C[C@]5(C=C[C@H](C)[C@@H](C(C)C)O5)O4)OC(=O)[C@@H]4C=C(C)[C@@H](O)[C@H]5OC/C(=C\C=C\[C@@H]3C)[C@]54O)C[C@@H]2OC)O[C@@H](C)[C@@H]1O. The maximum atomic E-state index is 14.3. The van der Waals surface area contributed by atoms with Crippen LogP contribution >= 0.6 is 0 Å². The summed E-state index contributed by atoms with van der Waals surface area (Å²) in [6.45, 7) is 35.1. The number of ketones is 1. The van der Waals surface area contributed by atoms with Crippen molar-refractivity contribution in [3.05, 3.63) is 119 Å². The average Bonchev–Trinajstić information content (AvgIpc) is 1.60. The highest BCUT2D eigenvalue weighted by atomic mass is 16.8. The number of carbonyl (C=O) groups is 3. The van der Waals surface area contributed by atoms with E-state index in [1.807, 2.05) is 64.2 Å². The summed E-state index contributed by atoms with van der Waals surface area (Å²) in [4.78, 5) is 38.1. The van der Waals surface area contributed by atoms with E-state index in [0.717, 1.165) is 17.6 Å². The number of aliphatic hydroxyl groups excluding tert-OH is 4. The second-order valence-electron chi connectivity index (χ2n) is 38.7. The first-order valence-electron chi connectivity index (χ1n) is 46.4. The summed E-state index contributed by atoms with van der Waals surface area (Å²) in [5.41, 5.74) is 0.263. The van der Waals surface area contributed by atoms with E-state index in [-0.39, 0.29) is 91.1 Å². The molecule has 12 aliphatic heterocycles. The zero-order valence-electron chi connectivity index (χ0n) is 78.6. The molecule has 12 heterocycles. The lowest BCUT2D eigenvalue weighted by atomic mass is 9.71. The molecule has 14 aliphatic rings. The number of carbonyl (C=O) groups excluding carboxylic acids is 3. The Morgan fingerprint density at radius 1 is 0.472 bits per heavy atom. The topological polar surface area (TPSA) is 357 Å². The Hall–Kier alpha value is -4.95. The molecule has 29 heteroatoms. The minimum Gasteiger partial charge on any atom is -0.462 e. The Morgan fingerprint density at radius 2 is 0.835 bits per heavy atom. The lowest BCUT2D eigenvalue weighted by Gasteiger charge is -2.48. The van der Waals surface area contributed by atoms with Crippen molar-refractivity contribution in [3.8, 4) is 0 Å². The fourth-order valence-electron chi connectivity index (χ4n) is 21.0. The Kier molecular flexibility index (Phi) is 34.3. The molecule has 0 saturated carbocycles. The average molecular weight is 1790 g/mol. The van der Waals surface area contributed by atoms with Crippen LogP contribution in [0.1, 0.15) is 195 Å².